The first-order valence-corrected chi connectivity index (χ1v) is 9.99. The fraction of sp³-hybridized carbons (Fsp3) is 0.842. The van der Waals surface area contributed by atoms with E-state index in [-0.39, 0.29) is 11.3 Å². The largest absolute Gasteiger partial charge is 0.341 e. The number of hydrogen-bond donors (Lipinski definition) is 0. The molecule has 0 spiro atoms. The van der Waals surface area contributed by atoms with Gasteiger partial charge in [-0.1, -0.05) is 24.4 Å². The highest BCUT2D eigenvalue weighted by Crippen LogP contribution is 2.47. The molecule has 5 rings (SSSR count). The zero-order valence-corrected chi connectivity index (χ0v) is 15.1. The van der Waals surface area contributed by atoms with Gasteiger partial charge < -0.3 is 9.42 Å². The lowest BCUT2D eigenvalue weighted by atomic mass is 9.81. The maximum Gasteiger partial charge on any atom is 0.236 e. The Morgan fingerprint density at radius 3 is 2.60 bits per heavy atom. The fourth-order valence-corrected chi connectivity index (χ4v) is 5.39. The SMILES string of the molecule is Cc1noc([C@@]23CN(C(=O)C4CC4)C[C@@H]2CN(C2CCCCC2)C3)n1. The monoisotopic (exact) mass is 344 g/mol. The van der Waals surface area contributed by atoms with Gasteiger partial charge in [-0.15, -0.1) is 0 Å². The van der Waals surface area contributed by atoms with E-state index < -0.39 is 0 Å². The molecule has 136 valence electrons. The number of likely N-dealkylation sites (tertiary alicyclic amines) is 2. The molecule has 6 heteroatoms. The number of nitrogens with zero attached hydrogens (tertiary/aromatic N) is 4. The van der Waals surface area contributed by atoms with E-state index in [0.29, 0.717) is 23.7 Å². The van der Waals surface area contributed by atoms with Gasteiger partial charge in [0.1, 0.15) is 0 Å². The summed E-state index contributed by atoms with van der Waals surface area (Å²) in [5.74, 6) is 2.53. The number of amides is 1. The Morgan fingerprint density at radius 1 is 1.12 bits per heavy atom. The van der Waals surface area contributed by atoms with E-state index in [1.807, 2.05) is 6.92 Å². The summed E-state index contributed by atoms with van der Waals surface area (Å²) in [5.41, 5.74) is -0.150. The molecule has 4 fully saturated rings. The summed E-state index contributed by atoms with van der Waals surface area (Å²) < 4.78 is 5.67. The second-order valence-electron chi connectivity index (χ2n) is 8.71. The van der Waals surface area contributed by atoms with Crippen LogP contribution in [0.5, 0.6) is 0 Å². The Bertz CT molecular complexity index is 664. The summed E-state index contributed by atoms with van der Waals surface area (Å²) in [4.78, 5) is 22.0. The van der Waals surface area contributed by atoms with Crippen molar-refractivity contribution in [3.8, 4) is 0 Å². The Morgan fingerprint density at radius 2 is 1.92 bits per heavy atom. The Balaban J connectivity index is 1.42. The van der Waals surface area contributed by atoms with Crippen molar-refractivity contribution in [3.05, 3.63) is 11.7 Å². The molecule has 25 heavy (non-hydrogen) atoms. The highest BCUT2D eigenvalue weighted by Gasteiger charge is 2.59. The lowest BCUT2D eigenvalue weighted by molar-refractivity contribution is -0.132. The molecule has 1 aromatic rings. The van der Waals surface area contributed by atoms with Crippen molar-refractivity contribution in [2.24, 2.45) is 11.8 Å². The molecule has 3 heterocycles. The van der Waals surface area contributed by atoms with E-state index in [0.717, 1.165) is 44.9 Å². The van der Waals surface area contributed by atoms with Gasteiger partial charge in [-0.2, -0.15) is 4.98 Å². The Labute approximate surface area is 148 Å². The van der Waals surface area contributed by atoms with Crippen LogP contribution in [-0.2, 0) is 10.2 Å². The van der Waals surface area contributed by atoms with Gasteiger partial charge in [0, 0.05) is 44.1 Å². The summed E-state index contributed by atoms with van der Waals surface area (Å²) in [7, 11) is 0. The van der Waals surface area contributed by atoms with Gasteiger partial charge in [-0.05, 0) is 32.6 Å². The molecule has 2 atom stereocenters. The normalized spacial score (nSPS) is 33.8. The van der Waals surface area contributed by atoms with Crippen LogP contribution in [0, 0.1) is 18.8 Å². The molecule has 2 aliphatic carbocycles. The number of carbonyl (C=O) groups is 1. The number of carbonyl (C=O) groups excluding carboxylic acids is 1. The van der Waals surface area contributed by atoms with Gasteiger partial charge in [-0.3, -0.25) is 9.69 Å². The minimum Gasteiger partial charge on any atom is -0.341 e. The molecule has 1 amide bonds. The molecular weight excluding hydrogens is 316 g/mol. The Kier molecular flexibility index (Phi) is 3.66. The molecule has 0 radical (unpaired) electrons. The van der Waals surface area contributed by atoms with E-state index in [4.69, 9.17) is 4.52 Å². The molecule has 1 aromatic heterocycles. The van der Waals surface area contributed by atoms with Crippen molar-refractivity contribution in [2.45, 2.75) is 63.3 Å². The van der Waals surface area contributed by atoms with Crippen LogP contribution < -0.4 is 0 Å². The first-order chi connectivity index (χ1) is 12.2. The standard InChI is InChI=1S/C19H28N4O2/c1-13-20-18(25-21-13)19-11-22(16-5-3-2-4-6-16)9-15(19)10-23(12-19)17(24)14-7-8-14/h14-16H,2-12H2,1H3/t15-,19-/m0/s1. The number of aromatic nitrogens is 2. The van der Waals surface area contributed by atoms with E-state index in [1.54, 1.807) is 0 Å². The van der Waals surface area contributed by atoms with E-state index in [9.17, 15) is 4.79 Å². The molecule has 0 bridgehead atoms. The highest BCUT2D eigenvalue weighted by molar-refractivity contribution is 5.81. The van der Waals surface area contributed by atoms with Crippen LogP contribution in [-0.4, -0.2) is 58.1 Å². The van der Waals surface area contributed by atoms with Gasteiger partial charge in [0.2, 0.25) is 11.8 Å². The van der Waals surface area contributed by atoms with Crippen LogP contribution >= 0.6 is 0 Å². The maximum atomic E-state index is 12.6. The Hall–Kier alpha value is -1.43. The predicted molar refractivity (Wildman–Crippen MR) is 92.0 cm³/mol. The van der Waals surface area contributed by atoms with Crippen molar-refractivity contribution < 1.29 is 9.32 Å². The number of fused-ring (bicyclic) bond motifs is 1. The van der Waals surface area contributed by atoms with Gasteiger partial charge in [0.05, 0.1) is 5.41 Å². The molecule has 2 saturated heterocycles. The zero-order chi connectivity index (χ0) is 17.0. The molecule has 0 unspecified atom stereocenters. The first-order valence-electron chi connectivity index (χ1n) is 9.99. The van der Waals surface area contributed by atoms with Crippen molar-refractivity contribution in [3.63, 3.8) is 0 Å². The quantitative estimate of drug-likeness (QED) is 0.841. The molecule has 6 nitrogen and oxygen atoms in total. The van der Waals surface area contributed by atoms with Crippen LogP contribution in [0.25, 0.3) is 0 Å². The van der Waals surface area contributed by atoms with Crippen molar-refractivity contribution in [2.75, 3.05) is 26.2 Å². The average Bonchev–Trinajstić information content (AvgIpc) is 3.12. The fourth-order valence-electron chi connectivity index (χ4n) is 5.39. The third-order valence-electron chi connectivity index (χ3n) is 6.92. The van der Waals surface area contributed by atoms with Gasteiger partial charge in [-0.25, -0.2) is 0 Å². The molecule has 2 aliphatic heterocycles. The minimum absolute atomic E-state index is 0.150. The topological polar surface area (TPSA) is 62.5 Å². The van der Waals surface area contributed by atoms with Crippen LogP contribution in [0.2, 0.25) is 0 Å². The zero-order valence-electron chi connectivity index (χ0n) is 15.1. The minimum atomic E-state index is -0.150. The van der Waals surface area contributed by atoms with Crippen LogP contribution in [0.1, 0.15) is 56.7 Å². The third kappa shape index (κ3) is 2.60. The third-order valence-corrected chi connectivity index (χ3v) is 6.92. The average molecular weight is 344 g/mol. The molecule has 4 aliphatic rings. The molecule has 0 N–H and O–H groups in total. The maximum absolute atomic E-state index is 12.6. The van der Waals surface area contributed by atoms with Crippen molar-refractivity contribution in [1.29, 1.82) is 0 Å². The number of aryl methyl sites for hydroxylation is 1. The number of hydrogen-bond acceptors (Lipinski definition) is 5. The van der Waals surface area contributed by atoms with Gasteiger partial charge >= 0.3 is 0 Å². The van der Waals surface area contributed by atoms with Crippen LogP contribution in [0.4, 0.5) is 0 Å². The lowest BCUT2D eigenvalue weighted by Crippen LogP contribution is -2.43. The second-order valence-corrected chi connectivity index (χ2v) is 8.71. The summed E-state index contributed by atoms with van der Waals surface area (Å²) in [6, 6.07) is 0.702. The summed E-state index contributed by atoms with van der Waals surface area (Å²) in [6.45, 7) is 5.55. The highest BCUT2D eigenvalue weighted by atomic mass is 16.5. The lowest BCUT2D eigenvalue weighted by Gasteiger charge is -2.33. The summed E-state index contributed by atoms with van der Waals surface area (Å²) in [5, 5.41) is 4.06. The second kappa shape index (κ2) is 5.79. The van der Waals surface area contributed by atoms with E-state index >= 15 is 0 Å². The predicted octanol–water partition coefficient (Wildman–Crippen LogP) is 2.13. The van der Waals surface area contributed by atoms with E-state index in [1.165, 1.54) is 32.1 Å². The van der Waals surface area contributed by atoms with Gasteiger partial charge in [0.15, 0.2) is 5.82 Å². The van der Waals surface area contributed by atoms with Gasteiger partial charge in [0.25, 0.3) is 0 Å². The van der Waals surface area contributed by atoms with Crippen LogP contribution in [0.3, 0.4) is 0 Å². The number of rotatable bonds is 3. The summed E-state index contributed by atoms with van der Waals surface area (Å²) >= 11 is 0. The molecular formula is C19H28N4O2. The summed E-state index contributed by atoms with van der Waals surface area (Å²) in [6.07, 6.45) is 8.86. The van der Waals surface area contributed by atoms with Crippen molar-refractivity contribution >= 4 is 5.91 Å². The molecule has 2 saturated carbocycles. The van der Waals surface area contributed by atoms with Crippen molar-refractivity contribution in [1.82, 2.24) is 19.9 Å². The first kappa shape index (κ1) is 15.8. The smallest absolute Gasteiger partial charge is 0.236 e. The molecule has 0 aromatic carbocycles. The van der Waals surface area contributed by atoms with Crippen LogP contribution in [0.15, 0.2) is 4.52 Å². The van der Waals surface area contributed by atoms with E-state index in [2.05, 4.69) is 19.9 Å².